The number of nitro groups is 1. The number of ether oxygens (including phenoxy) is 1. The van der Waals surface area contributed by atoms with Crippen LogP contribution in [0, 0.1) is 22.5 Å². The molecule has 0 saturated carbocycles. The molecule has 10 nitrogen and oxygen atoms in total. The van der Waals surface area contributed by atoms with Crippen LogP contribution in [0.15, 0.2) is 30.5 Å². The molecule has 0 unspecified atom stereocenters. The van der Waals surface area contributed by atoms with Gasteiger partial charge < -0.3 is 15.4 Å². The summed E-state index contributed by atoms with van der Waals surface area (Å²) >= 11 is 0. The van der Waals surface area contributed by atoms with Gasteiger partial charge in [-0.05, 0) is 39.0 Å². The molecule has 2 aromatic rings. The van der Waals surface area contributed by atoms with E-state index >= 15 is 0 Å². The Hall–Kier alpha value is -3.87. The Morgan fingerprint density at radius 1 is 1.36 bits per heavy atom. The van der Waals surface area contributed by atoms with Crippen molar-refractivity contribution in [3.05, 3.63) is 40.6 Å². The van der Waals surface area contributed by atoms with Gasteiger partial charge in [-0.3, -0.25) is 15.4 Å². The number of rotatable bonds is 6. The number of nitrogens with one attached hydrogen (secondary N) is 3. The second kappa shape index (κ2) is 8.68. The molecule has 0 fully saturated rings. The zero-order valence-electron chi connectivity index (χ0n) is 15.6. The van der Waals surface area contributed by atoms with Crippen LogP contribution in [0.25, 0.3) is 0 Å². The molecule has 0 radical (unpaired) electrons. The van der Waals surface area contributed by atoms with Gasteiger partial charge in [0.2, 0.25) is 11.8 Å². The molecule has 146 valence electrons. The lowest BCUT2D eigenvalue weighted by atomic mass is 10.2. The van der Waals surface area contributed by atoms with E-state index in [1.807, 2.05) is 0 Å². The molecular weight excluding hydrogens is 364 g/mol. The molecule has 1 aromatic heterocycles. The normalized spacial score (nSPS) is 10.5. The SMILES string of the molecule is C#CCNc1nc(Nc2cccc(NC(=O)OC(C)(C)C)c2)ncc1[N+](=O)[O-]. The molecule has 1 aromatic carbocycles. The minimum atomic E-state index is -0.617. The molecule has 3 N–H and O–H groups in total. The molecular formula is C18H20N6O4. The summed E-state index contributed by atoms with van der Waals surface area (Å²) in [4.78, 5) is 30.4. The summed E-state index contributed by atoms with van der Waals surface area (Å²) < 4.78 is 5.21. The number of terminal acetylenes is 1. The van der Waals surface area contributed by atoms with E-state index in [1.165, 1.54) is 0 Å². The number of hydrogen-bond acceptors (Lipinski definition) is 8. The maximum Gasteiger partial charge on any atom is 0.412 e. The number of aromatic nitrogens is 2. The second-order valence-corrected chi connectivity index (χ2v) is 6.57. The Labute approximate surface area is 161 Å². The monoisotopic (exact) mass is 384 g/mol. The number of benzene rings is 1. The summed E-state index contributed by atoms with van der Waals surface area (Å²) in [5.41, 5.74) is 0.146. The molecule has 0 bridgehead atoms. The Balaban J connectivity index is 2.16. The number of carbonyl (C=O) groups excluding carboxylic acids is 1. The zero-order valence-corrected chi connectivity index (χ0v) is 15.6. The van der Waals surface area contributed by atoms with Crippen molar-refractivity contribution in [2.45, 2.75) is 26.4 Å². The smallest absolute Gasteiger partial charge is 0.412 e. The molecule has 1 amide bonds. The summed E-state index contributed by atoms with van der Waals surface area (Å²) in [6.45, 7) is 5.37. The molecule has 0 atom stereocenters. The highest BCUT2D eigenvalue weighted by molar-refractivity contribution is 5.85. The Morgan fingerprint density at radius 2 is 2.07 bits per heavy atom. The van der Waals surface area contributed by atoms with E-state index in [0.717, 1.165) is 6.20 Å². The van der Waals surface area contributed by atoms with Gasteiger partial charge in [-0.25, -0.2) is 9.78 Å². The van der Waals surface area contributed by atoms with Crippen LogP contribution in [-0.4, -0.2) is 33.1 Å². The number of hydrogen-bond donors (Lipinski definition) is 3. The first-order chi connectivity index (χ1) is 13.2. The maximum atomic E-state index is 11.9. The van der Waals surface area contributed by atoms with Crippen LogP contribution in [0.4, 0.5) is 33.6 Å². The number of amides is 1. The van der Waals surface area contributed by atoms with Gasteiger partial charge in [0.05, 0.1) is 11.5 Å². The average Bonchev–Trinajstić information content (AvgIpc) is 2.58. The van der Waals surface area contributed by atoms with Crippen LogP contribution >= 0.6 is 0 Å². The summed E-state index contributed by atoms with van der Waals surface area (Å²) in [5.74, 6) is 2.45. The molecule has 0 aliphatic heterocycles. The highest BCUT2D eigenvalue weighted by Gasteiger charge is 2.18. The first-order valence-electron chi connectivity index (χ1n) is 8.24. The van der Waals surface area contributed by atoms with Crippen molar-refractivity contribution in [2.24, 2.45) is 0 Å². The number of nitrogens with zero attached hydrogens (tertiary/aromatic N) is 3. The molecule has 0 saturated heterocycles. The molecule has 1 heterocycles. The Kier molecular flexibility index (Phi) is 6.34. The Morgan fingerprint density at radius 3 is 2.71 bits per heavy atom. The number of anilines is 4. The molecule has 28 heavy (non-hydrogen) atoms. The van der Waals surface area contributed by atoms with Crippen LogP contribution in [0.1, 0.15) is 20.8 Å². The van der Waals surface area contributed by atoms with Crippen LogP contribution < -0.4 is 16.0 Å². The van der Waals surface area contributed by atoms with Crippen LogP contribution in [0.5, 0.6) is 0 Å². The summed E-state index contributed by atoms with van der Waals surface area (Å²) in [7, 11) is 0. The third kappa shape index (κ3) is 6.14. The first-order valence-corrected chi connectivity index (χ1v) is 8.24. The standard InChI is InChI=1S/C18H20N6O4/c1-5-9-19-15-14(24(26)27)11-20-16(23-15)21-12-7-6-8-13(10-12)22-17(25)28-18(2,3)4/h1,6-8,10-11H,9H2,2-4H3,(H,22,25)(H2,19,20,21,23). The van der Waals surface area contributed by atoms with Gasteiger partial charge in [0.25, 0.3) is 0 Å². The lowest BCUT2D eigenvalue weighted by molar-refractivity contribution is -0.384. The third-order valence-electron chi connectivity index (χ3n) is 3.09. The van der Waals surface area contributed by atoms with Crippen molar-refractivity contribution in [3.8, 4) is 12.3 Å². The van der Waals surface area contributed by atoms with Crippen molar-refractivity contribution >= 4 is 34.9 Å². The highest BCUT2D eigenvalue weighted by atomic mass is 16.6. The molecule has 0 aliphatic rings. The van der Waals surface area contributed by atoms with Crippen molar-refractivity contribution < 1.29 is 14.5 Å². The fraction of sp³-hybridized carbons (Fsp3) is 0.278. The van der Waals surface area contributed by atoms with E-state index in [2.05, 4.69) is 31.8 Å². The number of carbonyl (C=O) groups is 1. The fourth-order valence-corrected chi connectivity index (χ4v) is 2.06. The van der Waals surface area contributed by atoms with Crippen LogP contribution in [0.2, 0.25) is 0 Å². The van der Waals surface area contributed by atoms with Gasteiger partial charge in [0.1, 0.15) is 11.8 Å². The van der Waals surface area contributed by atoms with E-state index in [-0.39, 0.29) is 24.0 Å². The van der Waals surface area contributed by atoms with Gasteiger partial charge in [0, 0.05) is 11.4 Å². The second-order valence-electron chi connectivity index (χ2n) is 6.57. The predicted molar refractivity (Wildman–Crippen MR) is 106 cm³/mol. The summed E-state index contributed by atoms with van der Waals surface area (Å²) in [6, 6.07) is 6.76. The van der Waals surface area contributed by atoms with E-state index in [1.54, 1.807) is 45.0 Å². The van der Waals surface area contributed by atoms with Crippen molar-refractivity contribution in [2.75, 3.05) is 22.5 Å². The Bertz CT molecular complexity index is 917. The average molecular weight is 384 g/mol. The topological polar surface area (TPSA) is 131 Å². The van der Waals surface area contributed by atoms with Crippen molar-refractivity contribution in [1.82, 2.24) is 9.97 Å². The molecule has 0 spiro atoms. The minimum absolute atomic E-state index is 0.00323. The van der Waals surface area contributed by atoms with Gasteiger partial charge >= 0.3 is 11.8 Å². The van der Waals surface area contributed by atoms with Crippen LogP contribution in [-0.2, 0) is 4.74 Å². The van der Waals surface area contributed by atoms with Gasteiger partial charge in [0.15, 0.2) is 0 Å². The molecule has 0 aliphatic carbocycles. The fourth-order valence-electron chi connectivity index (χ4n) is 2.06. The van der Waals surface area contributed by atoms with Crippen LogP contribution in [0.3, 0.4) is 0 Å². The lowest BCUT2D eigenvalue weighted by Gasteiger charge is -2.19. The van der Waals surface area contributed by atoms with Crippen molar-refractivity contribution in [1.29, 1.82) is 0 Å². The van der Waals surface area contributed by atoms with Gasteiger partial charge in [-0.15, -0.1) is 6.42 Å². The van der Waals surface area contributed by atoms with Gasteiger partial charge in [-0.2, -0.15) is 4.98 Å². The van der Waals surface area contributed by atoms with Crippen molar-refractivity contribution in [3.63, 3.8) is 0 Å². The molecule has 10 heteroatoms. The molecule has 2 rings (SSSR count). The highest BCUT2D eigenvalue weighted by Crippen LogP contribution is 2.24. The van der Waals surface area contributed by atoms with E-state index in [9.17, 15) is 14.9 Å². The minimum Gasteiger partial charge on any atom is -0.444 e. The quantitative estimate of drug-likeness (QED) is 0.392. The largest absolute Gasteiger partial charge is 0.444 e. The first kappa shape index (κ1) is 20.4. The maximum absolute atomic E-state index is 11.9. The van der Waals surface area contributed by atoms with E-state index in [4.69, 9.17) is 11.2 Å². The summed E-state index contributed by atoms with van der Waals surface area (Å²) in [6.07, 6.45) is 5.67. The predicted octanol–water partition coefficient (Wildman–Crippen LogP) is 3.52. The summed E-state index contributed by atoms with van der Waals surface area (Å²) in [5, 5.41) is 19.3. The lowest BCUT2D eigenvalue weighted by Crippen LogP contribution is -2.27. The van der Waals surface area contributed by atoms with E-state index < -0.39 is 16.6 Å². The zero-order chi connectivity index (χ0) is 20.7. The third-order valence-corrected chi connectivity index (χ3v) is 3.09. The van der Waals surface area contributed by atoms with E-state index in [0.29, 0.717) is 11.4 Å². The van der Waals surface area contributed by atoms with Gasteiger partial charge in [-0.1, -0.05) is 12.0 Å².